The first-order valence-corrected chi connectivity index (χ1v) is 6.54. The van der Waals surface area contributed by atoms with E-state index < -0.39 is 5.91 Å². The van der Waals surface area contributed by atoms with Gasteiger partial charge in [-0.1, -0.05) is 12.1 Å². The maximum absolute atomic E-state index is 11.2. The van der Waals surface area contributed by atoms with Crippen molar-refractivity contribution in [3.63, 3.8) is 0 Å². The van der Waals surface area contributed by atoms with Gasteiger partial charge in [-0.05, 0) is 42.3 Å². The van der Waals surface area contributed by atoms with Gasteiger partial charge < -0.3 is 16.6 Å². The van der Waals surface area contributed by atoms with Crippen LogP contribution in [-0.2, 0) is 4.79 Å². The zero-order valence-electron chi connectivity index (χ0n) is 12.0. The number of nitrogens with two attached hydrogens (primary N) is 2. The molecule has 0 radical (unpaired) electrons. The number of hydrogen-bond acceptors (Lipinski definition) is 5. The summed E-state index contributed by atoms with van der Waals surface area (Å²) in [6.07, 6.45) is 7.82. The van der Waals surface area contributed by atoms with Crippen LogP contribution in [0.1, 0.15) is 11.1 Å². The first kappa shape index (κ1) is 15.2. The minimum absolute atomic E-state index is 0.0460. The van der Waals surface area contributed by atoms with Crippen molar-refractivity contribution in [3.8, 4) is 5.75 Å². The lowest BCUT2D eigenvalue weighted by Gasteiger charge is -2.09. The fourth-order valence-corrected chi connectivity index (χ4v) is 1.86. The van der Waals surface area contributed by atoms with E-state index in [4.69, 9.17) is 11.5 Å². The van der Waals surface area contributed by atoms with Crippen molar-refractivity contribution in [2.45, 2.75) is 6.92 Å². The standard InChI is InChI=1S/C16H16N4O2/c1-10-11(4-2-6-15(10)21)8-13-12(5-3-7-19-13)20-14(9-17)16(18)22/h2-9,21H,17H2,1H3,(H2,18,22)/b13-8-,14-9+,20-12+. The van der Waals surface area contributed by atoms with E-state index in [2.05, 4.69) is 9.98 Å². The van der Waals surface area contributed by atoms with Gasteiger partial charge in [0.15, 0.2) is 0 Å². The molecule has 0 fully saturated rings. The SMILES string of the molecule is Cc1c(O)cccc1\C=C1/N=CC=C/C1=N\C(=C\N)C(N)=O. The molecule has 0 atom stereocenters. The molecule has 0 aromatic heterocycles. The minimum atomic E-state index is -0.717. The Morgan fingerprint density at radius 2 is 2.18 bits per heavy atom. The van der Waals surface area contributed by atoms with Crippen LogP contribution in [0.15, 0.2) is 57.9 Å². The summed E-state index contributed by atoms with van der Waals surface area (Å²) in [4.78, 5) is 19.6. The van der Waals surface area contributed by atoms with Crippen molar-refractivity contribution < 1.29 is 9.90 Å². The highest BCUT2D eigenvalue weighted by Crippen LogP contribution is 2.23. The van der Waals surface area contributed by atoms with Crippen LogP contribution in [-0.4, -0.2) is 22.9 Å². The molecule has 1 heterocycles. The number of dihydropyridines is 1. The van der Waals surface area contributed by atoms with Crippen molar-refractivity contribution in [1.82, 2.24) is 0 Å². The van der Waals surface area contributed by atoms with Gasteiger partial charge in [0, 0.05) is 12.4 Å². The summed E-state index contributed by atoms with van der Waals surface area (Å²) in [6, 6.07) is 5.20. The number of benzene rings is 1. The number of allylic oxidation sites excluding steroid dienone is 2. The van der Waals surface area contributed by atoms with E-state index in [0.717, 1.165) is 17.3 Å². The second-order valence-corrected chi connectivity index (χ2v) is 4.57. The number of hydrogen-bond donors (Lipinski definition) is 3. The number of phenolic OH excluding ortho intramolecular Hbond substituents is 1. The van der Waals surface area contributed by atoms with Crippen LogP contribution in [0, 0.1) is 6.92 Å². The predicted octanol–water partition coefficient (Wildman–Crippen LogP) is 1.41. The number of amides is 1. The van der Waals surface area contributed by atoms with Crippen LogP contribution in [0.25, 0.3) is 6.08 Å². The lowest BCUT2D eigenvalue weighted by Crippen LogP contribution is -2.15. The van der Waals surface area contributed by atoms with Crippen LogP contribution < -0.4 is 11.5 Å². The van der Waals surface area contributed by atoms with Crippen molar-refractivity contribution in [2.24, 2.45) is 21.5 Å². The molecule has 0 bridgehead atoms. The molecule has 1 amide bonds. The van der Waals surface area contributed by atoms with E-state index in [1.807, 2.05) is 6.07 Å². The van der Waals surface area contributed by atoms with Crippen molar-refractivity contribution in [3.05, 3.63) is 59.1 Å². The predicted molar refractivity (Wildman–Crippen MR) is 87.4 cm³/mol. The number of aliphatic imine (C=N–C) groups is 2. The first-order chi connectivity index (χ1) is 10.5. The third kappa shape index (κ3) is 3.29. The Morgan fingerprint density at radius 3 is 2.86 bits per heavy atom. The van der Waals surface area contributed by atoms with Gasteiger partial charge in [-0.15, -0.1) is 0 Å². The lowest BCUT2D eigenvalue weighted by atomic mass is 10.0. The largest absolute Gasteiger partial charge is 0.508 e. The summed E-state index contributed by atoms with van der Waals surface area (Å²) < 4.78 is 0. The van der Waals surface area contributed by atoms with Gasteiger partial charge in [-0.2, -0.15) is 0 Å². The number of primary amides is 1. The van der Waals surface area contributed by atoms with Crippen molar-refractivity contribution in [1.29, 1.82) is 0 Å². The molecule has 1 aliphatic rings. The molecule has 2 rings (SSSR count). The van der Waals surface area contributed by atoms with E-state index in [-0.39, 0.29) is 11.4 Å². The summed E-state index contributed by atoms with van der Waals surface area (Å²) >= 11 is 0. The highest BCUT2D eigenvalue weighted by Gasteiger charge is 2.11. The van der Waals surface area contributed by atoms with Crippen LogP contribution in [0.5, 0.6) is 5.75 Å². The first-order valence-electron chi connectivity index (χ1n) is 6.54. The Bertz CT molecular complexity index is 755. The molecule has 1 aliphatic heterocycles. The molecule has 6 nitrogen and oxygen atoms in total. The van der Waals surface area contributed by atoms with Gasteiger partial charge in [0.25, 0.3) is 5.91 Å². The van der Waals surface area contributed by atoms with E-state index in [9.17, 15) is 9.90 Å². The van der Waals surface area contributed by atoms with Crippen molar-refractivity contribution in [2.75, 3.05) is 0 Å². The van der Waals surface area contributed by atoms with Gasteiger partial charge >= 0.3 is 0 Å². The number of rotatable bonds is 3. The second kappa shape index (κ2) is 6.53. The van der Waals surface area contributed by atoms with E-state index in [1.54, 1.807) is 43.5 Å². The number of carbonyl (C=O) groups excluding carboxylic acids is 1. The van der Waals surface area contributed by atoms with Gasteiger partial charge in [0.05, 0.1) is 11.4 Å². The molecular weight excluding hydrogens is 280 g/mol. The molecule has 1 aromatic rings. The van der Waals surface area contributed by atoms with Crippen molar-refractivity contribution >= 4 is 23.9 Å². The molecule has 5 N–H and O–H groups in total. The Balaban J connectivity index is 2.48. The van der Waals surface area contributed by atoms with Crippen LogP contribution in [0.4, 0.5) is 0 Å². The Morgan fingerprint density at radius 1 is 1.41 bits per heavy atom. The molecule has 6 heteroatoms. The minimum Gasteiger partial charge on any atom is -0.508 e. The number of carbonyl (C=O) groups is 1. The summed E-state index contributed by atoms with van der Waals surface area (Å²) in [5.74, 6) is -0.520. The topological polar surface area (TPSA) is 114 Å². The highest BCUT2D eigenvalue weighted by molar-refractivity contribution is 6.16. The van der Waals surface area contributed by atoms with Crippen LogP contribution >= 0.6 is 0 Å². The smallest absolute Gasteiger partial charge is 0.268 e. The van der Waals surface area contributed by atoms with Gasteiger partial charge in [-0.25, -0.2) is 4.99 Å². The maximum atomic E-state index is 11.2. The molecule has 0 aliphatic carbocycles. The molecule has 22 heavy (non-hydrogen) atoms. The molecule has 0 saturated heterocycles. The fourth-order valence-electron chi connectivity index (χ4n) is 1.86. The van der Waals surface area contributed by atoms with E-state index >= 15 is 0 Å². The van der Waals surface area contributed by atoms with E-state index in [0.29, 0.717) is 11.4 Å². The summed E-state index contributed by atoms with van der Waals surface area (Å²) in [7, 11) is 0. The molecule has 1 aromatic carbocycles. The van der Waals surface area contributed by atoms with Gasteiger partial charge in [0.2, 0.25) is 0 Å². The van der Waals surface area contributed by atoms with E-state index in [1.165, 1.54) is 0 Å². The van der Waals surface area contributed by atoms with Crippen LogP contribution in [0.3, 0.4) is 0 Å². The summed E-state index contributed by atoms with van der Waals surface area (Å²) in [6.45, 7) is 1.80. The monoisotopic (exact) mass is 296 g/mol. The number of phenols is 1. The van der Waals surface area contributed by atoms with Gasteiger partial charge in [0.1, 0.15) is 11.4 Å². The lowest BCUT2D eigenvalue weighted by molar-refractivity contribution is -0.114. The molecule has 0 spiro atoms. The number of aromatic hydroxyl groups is 1. The third-order valence-corrected chi connectivity index (χ3v) is 3.11. The number of nitrogens with zero attached hydrogens (tertiary/aromatic N) is 2. The summed E-state index contributed by atoms with van der Waals surface area (Å²) in [5.41, 5.74) is 13.0. The average Bonchev–Trinajstić information content (AvgIpc) is 2.50. The summed E-state index contributed by atoms with van der Waals surface area (Å²) in [5, 5.41) is 9.75. The fraction of sp³-hybridized carbons (Fsp3) is 0.0625. The maximum Gasteiger partial charge on any atom is 0.268 e. The molecule has 0 saturated carbocycles. The molecule has 112 valence electrons. The molecule has 0 unspecified atom stereocenters. The Labute approximate surface area is 127 Å². The highest BCUT2D eigenvalue weighted by atomic mass is 16.3. The Kier molecular flexibility index (Phi) is 4.53. The normalized spacial score (nSPS) is 18.1. The zero-order valence-corrected chi connectivity index (χ0v) is 12.0. The second-order valence-electron chi connectivity index (χ2n) is 4.57. The zero-order chi connectivity index (χ0) is 16.1. The Hall–Kier alpha value is -3.15. The average molecular weight is 296 g/mol. The quantitative estimate of drug-likeness (QED) is 0.732. The third-order valence-electron chi connectivity index (χ3n) is 3.11. The van der Waals surface area contributed by atoms with Crippen LogP contribution in [0.2, 0.25) is 0 Å². The molecular formula is C16H16N4O2. The van der Waals surface area contributed by atoms with Gasteiger partial charge in [-0.3, -0.25) is 9.79 Å².